The predicted octanol–water partition coefficient (Wildman–Crippen LogP) is 5.53. The van der Waals surface area contributed by atoms with Crippen molar-refractivity contribution < 1.29 is 22.7 Å². The lowest BCUT2D eigenvalue weighted by atomic mass is 10.1. The third-order valence-electron chi connectivity index (χ3n) is 4.73. The van der Waals surface area contributed by atoms with E-state index in [0.29, 0.717) is 31.1 Å². The molecule has 0 fully saturated rings. The van der Waals surface area contributed by atoms with Crippen LogP contribution in [-0.4, -0.2) is 42.5 Å². The summed E-state index contributed by atoms with van der Waals surface area (Å²) in [4.78, 5) is 18.7. The average molecular weight is 513 g/mol. The number of thiazole rings is 1. The number of hydrogen-bond acceptors (Lipinski definition) is 4. The molecule has 1 heterocycles. The van der Waals surface area contributed by atoms with Gasteiger partial charge in [-0.1, -0.05) is 23.7 Å². The van der Waals surface area contributed by atoms with Crippen molar-refractivity contribution in [2.45, 2.75) is 25.9 Å². The van der Waals surface area contributed by atoms with E-state index in [2.05, 4.69) is 10.1 Å². The summed E-state index contributed by atoms with van der Waals surface area (Å²) >= 11 is 7.39. The molecule has 1 N–H and O–H groups in total. The van der Waals surface area contributed by atoms with Gasteiger partial charge in [-0.3, -0.25) is 4.99 Å². The molecule has 0 unspecified atom stereocenters. The lowest BCUT2D eigenvalue weighted by molar-refractivity contribution is -0.274. The normalized spacial score (nSPS) is 12.0. The average Bonchev–Trinajstić information content (AvgIpc) is 3.18. The van der Waals surface area contributed by atoms with E-state index < -0.39 is 6.36 Å². The van der Waals surface area contributed by atoms with Gasteiger partial charge in [-0.05, 0) is 53.9 Å². The molecule has 0 aliphatic heterocycles. The maximum atomic E-state index is 12.5. The Balaban J connectivity index is 1.83. The van der Waals surface area contributed by atoms with Crippen molar-refractivity contribution in [3.8, 4) is 17.0 Å². The molecule has 34 heavy (non-hydrogen) atoms. The number of benzene rings is 2. The molecule has 0 radical (unpaired) electrons. The van der Waals surface area contributed by atoms with Gasteiger partial charge in [0.2, 0.25) is 0 Å². The fourth-order valence-electron chi connectivity index (χ4n) is 3.07. The number of carbonyl (C=O) groups excluding carboxylic acids is 1. The maximum Gasteiger partial charge on any atom is 0.573 e. The smallest absolute Gasteiger partial charge is 0.406 e. The number of amides is 2. The molecule has 0 atom stereocenters. The lowest BCUT2D eigenvalue weighted by Gasteiger charge is -2.13. The van der Waals surface area contributed by atoms with Crippen LogP contribution >= 0.6 is 22.9 Å². The van der Waals surface area contributed by atoms with Gasteiger partial charge in [0.05, 0.1) is 12.2 Å². The Kier molecular flexibility index (Phi) is 8.62. The molecule has 3 aromatic rings. The standard InChI is InChI=1S/C23H24ClF3N4O2S/c1-30(2)21(32)28-12-3-13-31-20(17-6-10-19(11-7-17)33-23(25,26)27)15-34-22(31)29-14-16-4-8-18(24)9-5-16/h4-11,15H,3,12-14H2,1-2H3,(H,28,32)/b29-22-. The molecule has 2 aromatic carbocycles. The van der Waals surface area contributed by atoms with Crippen molar-refractivity contribution in [1.82, 2.24) is 14.8 Å². The molecular formula is C23H24ClF3N4O2S. The van der Waals surface area contributed by atoms with Crippen LogP contribution < -0.4 is 14.9 Å². The molecule has 3 rings (SSSR count). The Hall–Kier alpha value is -2.98. The quantitative estimate of drug-likeness (QED) is 0.403. The summed E-state index contributed by atoms with van der Waals surface area (Å²) in [6, 6.07) is 13.0. The largest absolute Gasteiger partial charge is 0.573 e. The molecule has 0 spiro atoms. The number of carbonyl (C=O) groups is 1. The Bertz CT molecular complexity index is 1160. The summed E-state index contributed by atoms with van der Waals surface area (Å²) in [7, 11) is 3.34. The van der Waals surface area contributed by atoms with Crippen LogP contribution in [0.4, 0.5) is 18.0 Å². The molecule has 0 aliphatic rings. The van der Waals surface area contributed by atoms with Gasteiger partial charge in [-0.25, -0.2) is 4.79 Å². The second kappa shape index (κ2) is 11.4. The fourth-order valence-corrected chi connectivity index (χ4v) is 4.13. The van der Waals surface area contributed by atoms with Crippen LogP contribution in [0.3, 0.4) is 0 Å². The number of urea groups is 1. The number of alkyl halides is 3. The van der Waals surface area contributed by atoms with Crippen molar-refractivity contribution in [3.05, 3.63) is 69.3 Å². The van der Waals surface area contributed by atoms with Gasteiger partial charge < -0.3 is 19.5 Å². The van der Waals surface area contributed by atoms with Gasteiger partial charge in [-0.2, -0.15) is 0 Å². The van der Waals surface area contributed by atoms with Gasteiger partial charge in [0, 0.05) is 37.6 Å². The summed E-state index contributed by atoms with van der Waals surface area (Å²) in [6.45, 7) is 1.48. The van der Waals surface area contributed by atoms with Crippen LogP contribution in [0.5, 0.6) is 5.75 Å². The number of nitrogens with one attached hydrogen (secondary N) is 1. The molecule has 182 valence electrons. The topological polar surface area (TPSA) is 58.9 Å². The first-order valence-corrected chi connectivity index (χ1v) is 11.6. The minimum absolute atomic E-state index is 0.177. The number of ether oxygens (including phenoxy) is 1. The first-order valence-electron chi connectivity index (χ1n) is 10.4. The Labute approximate surface area is 204 Å². The molecule has 2 amide bonds. The molecule has 0 saturated carbocycles. The van der Waals surface area contributed by atoms with E-state index in [1.54, 1.807) is 38.4 Å². The van der Waals surface area contributed by atoms with Crippen LogP contribution in [0, 0.1) is 0 Å². The second-order valence-electron chi connectivity index (χ2n) is 7.55. The Morgan fingerprint density at radius 1 is 1.15 bits per heavy atom. The zero-order valence-electron chi connectivity index (χ0n) is 18.6. The van der Waals surface area contributed by atoms with Crippen molar-refractivity contribution in [2.75, 3.05) is 20.6 Å². The van der Waals surface area contributed by atoms with Gasteiger partial charge in [-0.15, -0.1) is 24.5 Å². The highest BCUT2D eigenvalue weighted by molar-refractivity contribution is 7.07. The van der Waals surface area contributed by atoms with Crippen LogP contribution in [0.15, 0.2) is 58.9 Å². The Morgan fingerprint density at radius 3 is 2.44 bits per heavy atom. The number of rotatable bonds is 8. The summed E-state index contributed by atoms with van der Waals surface area (Å²) in [5.41, 5.74) is 2.55. The highest BCUT2D eigenvalue weighted by Crippen LogP contribution is 2.27. The van der Waals surface area contributed by atoms with Crippen LogP contribution in [-0.2, 0) is 13.1 Å². The van der Waals surface area contributed by atoms with Crippen molar-refractivity contribution >= 4 is 29.0 Å². The third-order valence-corrected chi connectivity index (χ3v) is 5.89. The van der Waals surface area contributed by atoms with Crippen molar-refractivity contribution in [2.24, 2.45) is 4.99 Å². The zero-order chi connectivity index (χ0) is 24.7. The molecule has 0 bridgehead atoms. The van der Waals surface area contributed by atoms with Gasteiger partial charge in [0.25, 0.3) is 0 Å². The number of halogens is 4. The van der Waals surface area contributed by atoms with E-state index in [1.165, 1.54) is 28.4 Å². The van der Waals surface area contributed by atoms with E-state index in [9.17, 15) is 18.0 Å². The van der Waals surface area contributed by atoms with E-state index >= 15 is 0 Å². The van der Waals surface area contributed by atoms with Crippen LogP contribution in [0.2, 0.25) is 5.02 Å². The number of hydrogen-bond donors (Lipinski definition) is 1. The summed E-state index contributed by atoms with van der Waals surface area (Å²) in [5.74, 6) is -0.280. The van der Waals surface area contributed by atoms with E-state index in [1.807, 2.05) is 22.1 Å². The third kappa shape index (κ3) is 7.53. The van der Waals surface area contributed by atoms with Crippen LogP contribution in [0.25, 0.3) is 11.3 Å². The Morgan fingerprint density at radius 2 is 1.82 bits per heavy atom. The van der Waals surface area contributed by atoms with Crippen molar-refractivity contribution in [3.63, 3.8) is 0 Å². The first kappa shape index (κ1) is 25.6. The second-order valence-corrected chi connectivity index (χ2v) is 8.82. The van der Waals surface area contributed by atoms with E-state index in [-0.39, 0.29) is 11.8 Å². The molecular weight excluding hydrogens is 489 g/mol. The first-order chi connectivity index (χ1) is 16.1. The highest BCUT2D eigenvalue weighted by Gasteiger charge is 2.31. The fraction of sp³-hybridized carbons (Fsp3) is 0.304. The highest BCUT2D eigenvalue weighted by atomic mass is 35.5. The number of nitrogens with zero attached hydrogens (tertiary/aromatic N) is 3. The monoisotopic (exact) mass is 512 g/mol. The molecule has 0 saturated heterocycles. The maximum absolute atomic E-state index is 12.5. The number of aromatic nitrogens is 1. The molecule has 1 aromatic heterocycles. The molecule has 11 heteroatoms. The molecule has 0 aliphatic carbocycles. The van der Waals surface area contributed by atoms with E-state index in [0.717, 1.165) is 21.6 Å². The van der Waals surface area contributed by atoms with Gasteiger partial charge >= 0.3 is 12.4 Å². The summed E-state index contributed by atoms with van der Waals surface area (Å²) in [6.07, 6.45) is -4.10. The van der Waals surface area contributed by atoms with Crippen LogP contribution in [0.1, 0.15) is 12.0 Å². The van der Waals surface area contributed by atoms with Crippen molar-refractivity contribution in [1.29, 1.82) is 0 Å². The van der Waals surface area contributed by atoms with Gasteiger partial charge in [0.15, 0.2) is 4.80 Å². The predicted molar refractivity (Wildman–Crippen MR) is 127 cm³/mol. The lowest BCUT2D eigenvalue weighted by Crippen LogP contribution is -2.35. The molecule has 6 nitrogen and oxygen atoms in total. The van der Waals surface area contributed by atoms with Gasteiger partial charge in [0.1, 0.15) is 5.75 Å². The summed E-state index contributed by atoms with van der Waals surface area (Å²) < 4.78 is 43.4. The SMILES string of the molecule is CN(C)C(=O)NCCCn1c(-c2ccc(OC(F)(F)F)cc2)cs/c1=N\Cc1ccc(Cl)cc1. The minimum Gasteiger partial charge on any atom is -0.406 e. The zero-order valence-corrected chi connectivity index (χ0v) is 20.2. The van der Waals surface area contributed by atoms with E-state index in [4.69, 9.17) is 16.6 Å². The minimum atomic E-state index is -4.74. The summed E-state index contributed by atoms with van der Waals surface area (Å²) in [5, 5.41) is 5.39.